The number of aromatic nitrogens is 4. The number of halogens is 1. The van der Waals surface area contributed by atoms with Crippen LogP contribution in [0.3, 0.4) is 0 Å². The van der Waals surface area contributed by atoms with Gasteiger partial charge < -0.3 is 5.32 Å². The number of benzene rings is 3. The molecular weight excluding hydrogens is 394 g/mol. The summed E-state index contributed by atoms with van der Waals surface area (Å²) >= 11 is 6.94. The minimum atomic E-state index is -0.215. The van der Waals surface area contributed by atoms with Crippen LogP contribution < -0.4 is 5.32 Å². The number of para-hydroxylation sites is 4. The minimum Gasteiger partial charge on any atom is -0.360 e. The van der Waals surface area contributed by atoms with Gasteiger partial charge in [-0.1, -0.05) is 54.1 Å². The first kappa shape index (κ1) is 17.3. The third-order valence-corrected chi connectivity index (χ3v) is 6.00. The molecule has 6 heteroatoms. The molecule has 6 rings (SSSR count). The van der Waals surface area contributed by atoms with Crippen LogP contribution >= 0.6 is 11.6 Å². The highest BCUT2D eigenvalue weighted by atomic mass is 35.5. The van der Waals surface area contributed by atoms with Crippen molar-refractivity contribution >= 4 is 28.3 Å². The van der Waals surface area contributed by atoms with Gasteiger partial charge in [0.2, 0.25) is 0 Å². The number of hydrogen-bond donors (Lipinski definition) is 1. The van der Waals surface area contributed by atoms with Crippen LogP contribution in [-0.2, 0) is 0 Å². The molecule has 146 valence electrons. The van der Waals surface area contributed by atoms with Crippen molar-refractivity contribution in [3.63, 3.8) is 0 Å². The van der Waals surface area contributed by atoms with Gasteiger partial charge in [0, 0.05) is 11.3 Å². The van der Waals surface area contributed by atoms with E-state index >= 15 is 0 Å². The molecule has 2 aromatic heterocycles. The van der Waals surface area contributed by atoms with Gasteiger partial charge in [0.1, 0.15) is 17.1 Å². The predicted molar refractivity (Wildman–Crippen MR) is 120 cm³/mol. The molecule has 0 spiro atoms. The second kappa shape index (κ2) is 6.47. The summed E-state index contributed by atoms with van der Waals surface area (Å²) in [4.78, 5) is 4.95. The maximum absolute atomic E-state index is 6.94. The average Bonchev–Trinajstić information content (AvgIpc) is 3.31. The molecule has 3 aromatic carbocycles. The van der Waals surface area contributed by atoms with Crippen LogP contribution in [0.5, 0.6) is 0 Å². The summed E-state index contributed by atoms with van der Waals surface area (Å²) in [5.74, 6) is 0.929. The summed E-state index contributed by atoms with van der Waals surface area (Å²) in [6, 6.07) is 26.4. The lowest BCUT2D eigenvalue weighted by atomic mass is 10.1. The number of nitrogens with one attached hydrogen (secondary N) is 1. The van der Waals surface area contributed by atoms with Gasteiger partial charge in [0.05, 0.1) is 28.0 Å². The fourth-order valence-electron chi connectivity index (χ4n) is 4.28. The Kier molecular flexibility index (Phi) is 3.73. The average molecular weight is 412 g/mol. The fourth-order valence-corrected chi connectivity index (χ4v) is 4.65. The van der Waals surface area contributed by atoms with Crippen molar-refractivity contribution in [3.05, 3.63) is 95.3 Å². The van der Waals surface area contributed by atoms with Gasteiger partial charge in [-0.05, 0) is 43.3 Å². The molecule has 0 saturated heterocycles. The summed E-state index contributed by atoms with van der Waals surface area (Å²) in [5, 5.41) is 9.04. The van der Waals surface area contributed by atoms with Crippen LogP contribution in [0.2, 0.25) is 5.15 Å². The van der Waals surface area contributed by atoms with E-state index in [0.29, 0.717) is 5.15 Å². The molecule has 1 aliphatic rings. The van der Waals surface area contributed by atoms with Gasteiger partial charge in [-0.3, -0.25) is 4.57 Å². The Morgan fingerprint density at radius 2 is 1.63 bits per heavy atom. The Morgan fingerprint density at radius 3 is 2.50 bits per heavy atom. The first-order valence-corrected chi connectivity index (χ1v) is 10.2. The van der Waals surface area contributed by atoms with Crippen molar-refractivity contribution < 1.29 is 0 Å². The molecule has 1 N–H and O–H groups in total. The third-order valence-electron chi connectivity index (χ3n) is 5.64. The summed E-state index contributed by atoms with van der Waals surface area (Å²) in [6.45, 7) is 2.00. The summed E-state index contributed by atoms with van der Waals surface area (Å²) in [6.07, 6.45) is -0.215. The lowest BCUT2D eigenvalue weighted by Crippen LogP contribution is -2.25. The zero-order valence-electron chi connectivity index (χ0n) is 16.2. The van der Waals surface area contributed by atoms with Crippen molar-refractivity contribution in [2.75, 3.05) is 5.32 Å². The molecule has 30 heavy (non-hydrogen) atoms. The zero-order chi connectivity index (χ0) is 20.2. The summed E-state index contributed by atoms with van der Waals surface area (Å²) in [7, 11) is 0. The smallest absolute Gasteiger partial charge is 0.145 e. The summed E-state index contributed by atoms with van der Waals surface area (Å²) in [5.41, 5.74) is 6.89. The molecule has 0 unspecified atom stereocenters. The number of hydrogen-bond acceptors (Lipinski definition) is 3. The molecule has 1 atom stereocenters. The molecule has 0 radical (unpaired) electrons. The quantitative estimate of drug-likeness (QED) is 0.398. The van der Waals surface area contributed by atoms with Crippen molar-refractivity contribution in [3.8, 4) is 17.1 Å². The Bertz CT molecular complexity index is 1400. The van der Waals surface area contributed by atoms with E-state index in [0.717, 1.165) is 45.1 Å². The number of anilines is 1. The first-order valence-electron chi connectivity index (χ1n) is 9.86. The second-order valence-electron chi connectivity index (χ2n) is 7.42. The third kappa shape index (κ3) is 2.42. The lowest BCUT2D eigenvalue weighted by molar-refractivity contribution is 0.665. The van der Waals surface area contributed by atoms with E-state index < -0.39 is 0 Å². The highest BCUT2D eigenvalue weighted by Gasteiger charge is 2.32. The molecule has 3 heterocycles. The van der Waals surface area contributed by atoms with Gasteiger partial charge in [-0.25, -0.2) is 9.67 Å². The second-order valence-corrected chi connectivity index (χ2v) is 7.78. The van der Waals surface area contributed by atoms with Crippen LogP contribution in [0.1, 0.15) is 17.4 Å². The van der Waals surface area contributed by atoms with Crippen LogP contribution in [-0.4, -0.2) is 19.3 Å². The van der Waals surface area contributed by atoms with Gasteiger partial charge in [-0.2, -0.15) is 5.10 Å². The Balaban J connectivity index is 1.62. The van der Waals surface area contributed by atoms with Crippen LogP contribution in [0.4, 0.5) is 5.69 Å². The molecule has 0 fully saturated rings. The van der Waals surface area contributed by atoms with E-state index in [4.69, 9.17) is 21.7 Å². The largest absolute Gasteiger partial charge is 0.360 e. The van der Waals surface area contributed by atoms with Crippen molar-refractivity contribution in [2.24, 2.45) is 0 Å². The van der Waals surface area contributed by atoms with Gasteiger partial charge in [0.15, 0.2) is 0 Å². The van der Waals surface area contributed by atoms with E-state index in [1.54, 1.807) is 4.68 Å². The topological polar surface area (TPSA) is 47.7 Å². The molecular formula is C24H18ClN5. The van der Waals surface area contributed by atoms with Crippen LogP contribution in [0.15, 0.2) is 78.9 Å². The SMILES string of the molecule is Cc1nn(-c2ccccc2)c(Cl)c1[C@H]1Nc2ccccc2-c2nc3ccccc3n21. The van der Waals surface area contributed by atoms with Crippen LogP contribution in [0, 0.1) is 6.92 Å². The van der Waals surface area contributed by atoms with Gasteiger partial charge >= 0.3 is 0 Å². The van der Waals surface area contributed by atoms with E-state index in [1.807, 2.05) is 67.6 Å². The van der Waals surface area contributed by atoms with Crippen molar-refractivity contribution in [2.45, 2.75) is 13.1 Å². The Morgan fingerprint density at radius 1 is 0.900 bits per heavy atom. The standard InChI is InChI=1S/C24H18ClN5/c1-15-21(22(25)30(28-15)16-9-3-2-4-10-16)24-26-18-12-6-5-11-17(18)23-27-19-13-7-8-14-20(19)29(23)24/h2-14,24,26H,1H3/t24-/m0/s1. The first-order chi connectivity index (χ1) is 14.7. The van der Waals surface area contributed by atoms with Gasteiger partial charge in [-0.15, -0.1) is 0 Å². The number of rotatable bonds is 2. The normalized spacial score (nSPS) is 14.9. The number of nitrogens with zero attached hydrogens (tertiary/aromatic N) is 4. The molecule has 1 aliphatic heterocycles. The molecule has 0 saturated carbocycles. The van der Waals surface area contributed by atoms with E-state index in [2.05, 4.69) is 28.1 Å². The highest BCUT2D eigenvalue weighted by molar-refractivity contribution is 6.30. The predicted octanol–water partition coefficient (Wildman–Crippen LogP) is 5.82. The minimum absolute atomic E-state index is 0.215. The monoisotopic (exact) mass is 411 g/mol. The van der Waals surface area contributed by atoms with Crippen molar-refractivity contribution in [1.29, 1.82) is 0 Å². The lowest BCUT2D eigenvalue weighted by Gasteiger charge is -2.30. The van der Waals surface area contributed by atoms with E-state index in [-0.39, 0.29) is 6.17 Å². The van der Waals surface area contributed by atoms with Gasteiger partial charge in [0.25, 0.3) is 0 Å². The number of fused-ring (bicyclic) bond motifs is 5. The molecule has 0 amide bonds. The van der Waals surface area contributed by atoms with E-state index in [9.17, 15) is 0 Å². The van der Waals surface area contributed by atoms with Crippen molar-refractivity contribution in [1.82, 2.24) is 19.3 Å². The maximum Gasteiger partial charge on any atom is 0.145 e. The zero-order valence-corrected chi connectivity index (χ0v) is 17.0. The molecule has 0 bridgehead atoms. The molecule has 5 nitrogen and oxygen atoms in total. The Labute approximate surface area is 178 Å². The maximum atomic E-state index is 6.94. The van der Waals surface area contributed by atoms with E-state index in [1.165, 1.54) is 0 Å². The molecule has 0 aliphatic carbocycles. The molecule has 5 aromatic rings. The Hall–Kier alpha value is -3.57. The van der Waals surface area contributed by atoms with Crippen LogP contribution in [0.25, 0.3) is 28.1 Å². The highest BCUT2D eigenvalue weighted by Crippen LogP contribution is 2.43. The fraction of sp³-hybridized carbons (Fsp3) is 0.0833. The summed E-state index contributed by atoms with van der Waals surface area (Å²) < 4.78 is 4.02. The number of imidazole rings is 1. The number of aryl methyl sites for hydroxylation is 1.